The number of hydrogen-bond donors (Lipinski definition) is 0. The quantitative estimate of drug-likeness (QED) is 0.237. The predicted octanol–water partition coefficient (Wildman–Crippen LogP) is 6.27. The molecule has 2 nitrogen and oxygen atoms in total. The molecule has 0 saturated heterocycles. The SMILES string of the molecule is COc1ccc2ccccc2c1C(=O)/C(=C/c1ccccc1)c1ccccc1. The average Bonchev–Trinajstić information content (AvgIpc) is 2.77. The second-order valence-electron chi connectivity index (χ2n) is 6.53. The number of allylic oxidation sites excluding steroid dienone is 1. The van der Waals surface area contributed by atoms with Gasteiger partial charge in [-0.2, -0.15) is 0 Å². The van der Waals surface area contributed by atoms with Crippen molar-refractivity contribution in [1.82, 2.24) is 0 Å². The highest BCUT2D eigenvalue weighted by Crippen LogP contribution is 2.33. The second kappa shape index (κ2) is 7.93. The first-order valence-corrected chi connectivity index (χ1v) is 9.20. The van der Waals surface area contributed by atoms with E-state index < -0.39 is 0 Å². The van der Waals surface area contributed by atoms with Crippen LogP contribution in [0.5, 0.6) is 5.75 Å². The lowest BCUT2D eigenvalue weighted by molar-refractivity contribution is 0.105. The zero-order chi connectivity index (χ0) is 19.3. The fourth-order valence-electron chi connectivity index (χ4n) is 3.40. The molecule has 0 radical (unpaired) electrons. The highest BCUT2D eigenvalue weighted by atomic mass is 16.5. The molecule has 4 aromatic rings. The van der Waals surface area contributed by atoms with E-state index in [1.54, 1.807) is 7.11 Å². The van der Waals surface area contributed by atoms with Crippen LogP contribution in [-0.2, 0) is 0 Å². The Morgan fingerprint density at radius 3 is 2.11 bits per heavy atom. The maximum atomic E-state index is 13.8. The monoisotopic (exact) mass is 364 g/mol. The van der Waals surface area contributed by atoms with Crippen molar-refractivity contribution >= 4 is 28.2 Å². The van der Waals surface area contributed by atoms with Crippen molar-refractivity contribution in [2.75, 3.05) is 7.11 Å². The van der Waals surface area contributed by atoms with Gasteiger partial charge in [0.2, 0.25) is 0 Å². The fourth-order valence-corrected chi connectivity index (χ4v) is 3.40. The van der Waals surface area contributed by atoms with Crippen molar-refractivity contribution in [3.8, 4) is 5.75 Å². The molecule has 0 heterocycles. The molecular weight excluding hydrogens is 344 g/mol. The summed E-state index contributed by atoms with van der Waals surface area (Å²) in [5, 5.41) is 1.90. The molecule has 0 amide bonds. The second-order valence-corrected chi connectivity index (χ2v) is 6.53. The van der Waals surface area contributed by atoms with Crippen molar-refractivity contribution in [3.63, 3.8) is 0 Å². The number of fused-ring (bicyclic) bond motifs is 1. The number of benzene rings is 4. The third-order valence-corrected chi connectivity index (χ3v) is 4.78. The van der Waals surface area contributed by atoms with Crippen LogP contribution in [0.15, 0.2) is 97.1 Å². The summed E-state index contributed by atoms with van der Waals surface area (Å²) < 4.78 is 5.56. The van der Waals surface area contributed by atoms with E-state index in [1.165, 1.54) is 0 Å². The van der Waals surface area contributed by atoms with Gasteiger partial charge in [0.1, 0.15) is 5.75 Å². The van der Waals surface area contributed by atoms with Crippen molar-refractivity contribution in [2.45, 2.75) is 0 Å². The topological polar surface area (TPSA) is 26.3 Å². The van der Waals surface area contributed by atoms with E-state index in [0.29, 0.717) is 16.9 Å². The molecule has 4 rings (SSSR count). The smallest absolute Gasteiger partial charge is 0.198 e. The first kappa shape index (κ1) is 17.7. The Morgan fingerprint density at radius 2 is 1.39 bits per heavy atom. The molecule has 0 N–H and O–H groups in total. The van der Waals surface area contributed by atoms with E-state index in [-0.39, 0.29) is 5.78 Å². The van der Waals surface area contributed by atoms with Gasteiger partial charge in [-0.1, -0.05) is 91.0 Å². The summed E-state index contributed by atoms with van der Waals surface area (Å²) in [6.45, 7) is 0. The van der Waals surface area contributed by atoms with E-state index in [9.17, 15) is 4.79 Å². The minimum Gasteiger partial charge on any atom is -0.496 e. The lowest BCUT2D eigenvalue weighted by Crippen LogP contribution is -2.06. The zero-order valence-corrected chi connectivity index (χ0v) is 15.6. The molecule has 0 unspecified atom stereocenters. The molecule has 136 valence electrons. The van der Waals surface area contributed by atoms with E-state index in [4.69, 9.17) is 4.74 Å². The molecule has 0 saturated carbocycles. The van der Waals surface area contributed by atoms with Gasteiger partial charge in [0.25, 0.3) is 0 Å². The molecule has 0 bridgehead atoms. The van der Waals surface area contributed by atoms with Crippen LogP contribution in [0.25, 0.3) is 22.4 Å². The van der Waals surface area contributed by atoms with Gasteiger partial charge in [0, 0.05) is 5.57 Å². The standard InChI is InChI=1S/C26H20O2/c1-28-24-17-16-21-14-8-9-15-22(21)25(24)26(27)23(20-12-6-3-7-13-20)18-19-10-4-2-5-11-19/h2-18H,1H3/b23-18+. The van der Waals surface area contributed by atoms with Gasteiger partial charge in [0.05, 0.1) is 12.7 Å². The number of rotatable bonds is 5. The normalized spacial score (nSPS) is 11.4. The Labute approximate surface area is 164 Å². The molecule has 4 aromatic carbocycles. The Balaban J connectivity index is 1.95. The Morgan fingerprint density at radius 1 is 0.750 bits per heavy atom. The van der Waals surface area contributed by atoms with E-state index in [2.05, 4.69) is 0 Å². The molecule has 28 heavy (non-hydrogen) atoms. The number of ketones is 1. The van der Waals surface area contributed by atoms with Crippen LogP contribution in [0.4, 0.5) is 0 Å². The summed E-state index contributed by atoms with van der Waals surface area (Å²) in [5.41, 5.74) is 3.09. The zero-order valence-electron chi connectivity index (χ0n) is 15.6. The van der Waals surface area contributed by atoms with Crippen molar-refractivity contribution in [3.05, 3.63) is 114 Å². The summed E-state index contributed by atoms with van der Waals surface area (Å²) in [6.07, 6.45) is 1.94. The van der Waals surface area contributed by atoms with E-state index in [0.717, 1.165) is 21.9 Å². The van der Waals surface area contributed by atoms with Gasteiger partial charge < -0.3 is 4.74 Å². The molecule has 0 aromatic heterocycles. The van der Waals surface area contributed by atoms with Gasteiger partial charge in [-0.25, -0.2) is 0 Å². The van der Waals surface area contributed by atoms with Crippen molar-refractivity contribution in [1.29, 1.82) is 0 Å². The van der Waals surface area contributed by atoms with Gasteiger partial charge in [0.15, 0.2) is 5.78 Å². The summed E-state index contributed by atoms with van der Waals surface area (Å²) in [4.78, 5) is 13.8. The summed E-state index contributed by atoms with van der Waals surface area (Å²) in [6, 6.07) is 31.4. The molecule has 0 spiro atoms. The molecule has 0 aliphatic rings. The minimum atomic E-state index is -0.0521. The first-order chi connectivity index (χ1) is 13.8. The number of ether oxygens (including phenoxy) is 1. The number of hydrogen-bond acceptors (Lipinski definition) is 2. The lowest BCUT2D eigenvalue weighted by atomic mass is 9.91. The highest BCUT2D eigenvalue weighted by Gasteiger charge is 2.21. The Hall–Kier alpha value is -3.65. The maximum absolute atomic E-state index is 13.8. The Bertz CT molecular complexity index is 1140. The highest BCUT2D eigenvalue weighted by molar-refractivity contribution is 6.36. The van der Waals surface area contributed by atoms with Crippen LogP contribution >= 0.6 is 0 Å². The summed E-state index contributed by atoms with van der Waals surface area (Å²) in [7, 11) is 1.60. The number of carbonyl (C=O) groups is 1. The van der Waals surface area contributed by atoms with Crippen molar-refractivity contribution in [2.24, 2.45) is 0 Å². The van der Waals surface area contributed by atoms with Crippen LogP contribution in [-0.4, -0.2) is 12.9 Å². The first-order valence-electron chi connectivity index (χ1n) is 9.20. The number of methoxy groups -OCH3 is 1. The maximum Gasteiger partial charge on any atom is 0.198 e. The third kappa shape index (κ3) is 3.45. The molecule has 0 fully saturated rings. The van der Waals surface area contributed by atoms with Crippen LogP contribution in [0.2, 0.25) is 0 Å². The molecule has 2 heteroatoms. The van der Waals surface area contributed by atoms with Crippen LogP contribution in [0.3, 0.4) is 0 Å². The lowest BCUT2D eigenvalue weighted by Gasteiger charge is -2.14. The third-order valence-electron chi connectivity index (χ3n) is 4.78. The largest absolute Gasteiger partial charge is 0.496 e. The average molecular weight is 364 g/mol. The fraction of sp³-hybridized carbons (Fsp3) is 0.0385. The molecular formula is C26H20O2. The minimum absolute atomic E-state index is 0.0521. The molecule has 0 aliphatic carbocycles. The van der Waals surface area contributed by atoms with Gasteiger partial charge >= 0.3 is 0 Å². The van der Waals surface area contributed by atoms with Crippen LogP contribution in [0, 0.1) is 0 Å². The number of carbonyl (C=O) groups excluding carboxylic acids is 1. The van der Waals surface area contributed by atoms with Crippen LogP contribution in [0.1, 0.15) is 21.5 Å². The van der Waals surface area contributed by atoms with E-state index >= 15 is 0 Å². The van der Waals surface area contributed by atoms with Gasteiger partial charge in [-0.05, 0) is 34.0 Å². The molecule has 0 aliphatic heterocycles. The van der Waals surface area contributed by atoms with Gasteiger partial charge in [-0.15, -0.1) is 0 Å². The van der Waals surface area contributed by atoms with E-state index in [1.807, 2.05) is 103 Å². The number of Topliss-reactive ketones (excluding diaryl/α,β-unsaturated/α-hetero) is 1. The molecule has 0 atom stereocenters. The predicted molar refractivity (Wildman–Crippen MR) is 116 cm³/mol. The van der Waals surface area contributed by atoms with Gasteiger partial charge in [-0.3, -0.25) is 4.79 Å². The summed E-state index contributed by atoms with van der Waals surface area (Å²) >= 11 is 0. The van der Waals surface area contributed by atoms with Crippen LogP contribution < -0.4 is 4.74 Å². The van der Waals surface area contributed by atoms with Crippen molar-refractivity contribution < 1.29 is 9.53 Å². The summed E-state index contributed by atoms with van der Waals surface area (Å²) in [5.74, 6) is 0.530. The Kier molecular flexibility index (Phi) is 5.03.